The van der Waals surface area contributed by atoms with Crippen LogP contribution in [0.2, 0.25) is 0 Å². The number of rotatable bonds is 2. The summed E-state index contributed by atoms with van der Waals surface area (Å²) in [6.07, 6.45) is 1.34. The van der Waals surface area contributed by atoms with Crippen LogP contribution in [0.4, 0.5) is 0 Å². The van der Waals surface area contributed by atoms with E-state index in [2.05, 4.69) is 0 Å². The first-order valence-electron chi connectivity index (χ1n) is 5.28. The number of nitrogens with zero attached hydrogens (tertiary/aromatic N) is 1. The molecule has 0 aliphatic carbocycles. The Morgan fingerprint density at radius 1 is 1.53 bits per heavy atom. The molecule has 1 amide bonds. The molecule has 1 fully saturated rings. The molecule has 1 aliphatic rings. The highest BCUT2D eigenvalue weighted by molar-refractivity contribution is 5.79. The van der Waals surface area contributed by atoms with Gasteiger partial charge in [0.25, 0.3) is 0 Å². The van der Waals surface area contributed by atoms with Crippen molar-refractivity contribution in [2.45, 2.75) is 52.1 Å². The van der Waals surface area contributed by atoms with Crippen LogP contribution in [-0.2, 0) is 14.3 Å². The average molecular weight is 213 g/mol. The Morgan fingerprint density at radius 3 is 2.60 bits per heavy atom. The van der Waals surface area contributed by atoms with Gasteiger partial charge in [0, 0.05) is 18.9 Å². The third-order valence-electron chi connectivity index (χ3n) is 2.53. The lowest BCUT2D eigenvalue weighted by molar-refractivity contribution is -0.146. The Hall–Kier alpha value is -1.06. The van der Waals surface area contributed by atoms with Crippen molar-refractivity contribution in [3.63, 3.8) is 0 Å². The fraction of sp³-hybridized carbons (Fsp3) is 0.818. The number of hydrogen-bond acceptors (Lipinski definition) is 3. The first-order valence-corrected chi connectivity index (χ1v) is 5.28. The van der Waals surface area contributed by atoms with Gasteiger partial charge in [-0.3, -0.25) is 9.59 Å². The summed E-state index contributed by atoms with van der Waals surface area (Å²) < 4.78 is 4.97. The highest BCUT2D eigenvalue weighted by Crippen LogP contribution is 2.27. The smallest absolute Gasteiger partial charge is 0.302 e. The molecule has 0 N–H and O–H groups in total. The monoisotopic (exact) mass is 213 g/mol. The second kappa shape index (κ2) is 4.21. The Bertz CT molecular complexity index is 267. The zero-order valence-electron chi connectivity index (χ0n) is 9.87. The van der Waals surface area contributed by atoms with Gasteiger partial charge < -0.3 is 9.64 Å². The predicted molar refractivity (Wildman–Crippen MR) is 56.3 cm³/mol. The zero-order valence-corrected chi connectivity index (χ0v) is 9.87. The summed E-state index contributed by atoms with van der Waals surface area (Å²) in [6, 6.07) is 0.0430. The third kappa shape index (κ3) is 2.94. The number of likely N-dealkylation sites (tertiary alicyclic amines) is 1. The third-order valence-corrected chi connectivity index (χ3v) is 2.53. The van der Waals surface area contributed by atoms with Crippen LogP contribution in [0.1, 0.15) is 40.5 Å². The van der Waals surface area contributed by atoms with Gasteiger partial charge in [-0.05, 0) is 27.2 Å². The predicted octanol–water partition coefficient (Wildman–Crippen LogP) is 1.34. The van der Waals surface area contributed by atoms with E-state index in [1.54, 1.807) is 0 Å². The quantitative estimate of drug-likeness (QED) is 0.650. The summed E-state index contributed by atoms with van der Waals surface area (Å²) in [6.45, 7) is 7.70. The first kappa shape index (κ1) is 12.0. The van der Waals surface area contributed by atoms with Crippen LogP contribution < -0.4 is 0 Å². The van der Waals surface area contributed by atoms with E-state index < -0.39 is 0 Å². The highest BCUT2D eigenvalue weighted by atomic mass is 16.5. The average Bonchev–Trinajstić information content (AvgIpc) is 2.42. The maximum Gasteiger partial charge on any atom is 0.302 e. The fourth-order valence-corrected chi connectivity index (χ4v) is 2.04. The number of ether oxygens (including phenoxy) is 1. The number of esters is 1. The molecule has 1 aliphatic heterocycles. The summed E-state index contributed by atoms with van der Waals surface area (Å²) in [7, 11) is 0. The van der Waals surface area contributed by atoms with Gasteiger partial charge in [0.05, 0.1) is 6.04 Å². The molecule has 4 heteroatoms. The van der Waals surface area contributed by atoms with E-state index >= 15 is 0 Å². The van der Waals surface area contributed by atoms with E-state index in [1.165, 1.54) is 6.92 Å². The van der Waals surface area contributed by atoms with Gasteiger partial charge in [-0.1, -0.05) is 0 Å². The Balaban J connectivity index is 2.64. The van der Waals surface area contributed by atoms with Crippen molar-refractivity contribution in [1.29, 1.82) is 0 Å². The van der Waals surface area contributed by atoms with Gasteiger partial charge in [0.1, 0.15) is 6.61 Å². The summed E-state index contributed by atoms with van der Waals surface area (Å²) in [4.78, 5) is 24.2. The molecule has 1 atom stereocenters. The van der Waals surface area contributed by atoms with E-state index in [0.717, 1.165) is 6.42 Å². The van der Waals surface area contributed by atoms with Crippen LogP contribution in [-0.4, -0.2) is 35.0 Å². The second-order valence-corrected chi connectivity index (χ2v) is 4.93. The highest BCUT2D eigenvalue weighted by Gasteiger charge is 2.38. The lowest BCUT2D eigenvalue weighted by Gasteiger charge is -2.36. The van der Waals surface area contributed by atoms with Crippen molar-refractivity contribution in [2.75, 3.05) is 6.61 Å². The number of carbonyl (C=O) groups excluding carboxylic acids is 2. The maximum absolute atomic E-state index is 11.7. The summed E-state index contributed by atoms with van der Waals surface area (Å²) >= 11 is 0. The molecular formula is C11H19NO3. The number of hydrogen-bond donors (Lipinski definition) is 0. The lowest BCUT2D eigenvalue weighted by Crippen LogP contribution is -2.48. The van der Waals surface area contributed by atoms with Crippen LogP contribution in [0.3, 0.4) is 0 Å². The molecule has 1 saturated heterocycles. The van der Waals surface area contributed by atoms with Crippen LogP contribution in [0.5, 0.6) is 0 Å². The zero-order chi connectivity index (χ0) is 11.6. The molecular weight excluding hydrogens is 194 g/mol. The molecule has 1 rings (SSSR count). The van der Waals surface area contributed by atoms with Crippen molar-refractivity contribution in [2.24, 2.45) is 0 Å². The van der Waals surface area contributed by atoms with Gasteiger partial charge in [0.15, 0.2) is 0 Å². The normalized spacial score (nSPS) is 22.0. The molecule has 0 saturated carbocycles. The van der Waals surface area contributed by atoms with Gasteiger partial charge in [-0.2, -0.15) is 0 Å². The van der Waals surface area contributed by atoms with Crippen molar-refractivity contribution >= 4 is 11.9 Å². The van der Waals surface area contributed by atoms with Crippen molar-refractivity contribution in [1.82, 2.24) is 4.90 Å². The van der Waals surface area contributed by atoms with Gasteiger partial charge in [-0.15, -0.1) is 0 Å². The maximum atomic E-state index is 11.7. The van der Waals surface area contributed by atoms with E-state index in [4.69, 9.17) is 4.74 Å². The molecule has 1 heterocycles. The minimum absolute atomic E-state index is 0.0430. The molecule has 0 aromatic carbocycles. The molecule has 0 aromatic heterocycles. The molecule has 0 aromatic rings. The second-order valence-electron chi connectivity index (χ2n) is 4.93. The van der Waals surface area contributed by atoms with Crippen LogP contribution >= 0.6 is 0 Å². The SMILES string of the molecule is CC(=O)OCC1CCC(=O)N1C(C)(C)C. The van der Waals surface area contributed by atoms with E-state index in [9.17, 15) is 9.59 Å². The van der Waals surface area contributed by atoms with E-state index in [1.807, 2.05) is 25.7 Å². The van der Waals surface area contributed by atoms with Gasteiger partial charge in [-0.25, -0.2) is 0 Å². The molecule has 1 unspecified atom stereocenters. The van der Waals surface area contributed by atoms with Crippen LogP contribution in [0.25, 0.3) is 0 Å². The Kier molecular flexibility index (Phi) is 3.37. The molecule has 0 spiro atoms. The van der Waals surface area contributed by atoms with E-state index in [-0.39, 0.29) is 23.5 Å². The molecule has 15 heavy (non-hydrogen) atoms. The summed E-state index contributed by atoms with van der Waals surface area (Å²) in [5, 5.41) is 0. The molecule has 0 bridgehead atoms. The summed E-state index contributed by atoms with van der Waals surface area (Å²) in [5.41, 5.74) is -0.196. The minimum atomic E-state index is -0.289. The van der Waals surface area contributed by atoms with Crippen molar-refractivity contribution < 1.29 is 14.3 Å². The van der Waals surface area contributed by atoms with Crippen molar-refractivity contribution in [3.8, 4) is 0 Å². The molecule has 0 radical (unpaired) electrons. The lowest BCUT2D eigenvalue weighted by atomic mass is 10.0. The standard InChI is InChI=1S/C11H19NO3/c1-8(13)15-7-9-5-6-10(14)12(9)11(2,3)4/h9H,5-7H2,1-4H3. The molecule has 4 nitrogen and oxygen atoms in total. The minimum Gasteiger partial charge on any atom is -0.464 e. The van der Waals surface area contributed by atoms with Gasteiger partial charge >= 0.3 is 5.97 Å². The van der Waals surface area contributed by atoms with Gasteiger partial charge in [0.2, 0.25) is 5.91 Å². The summed E-state index contributed by atoms with van der Waals surface area (Å²) in [5.74, 6) is -0.136. The topological polar surface area (TPSA) is 46.6 Å². The van der Waals surface area contributed by atoms with Crippen molar-refractivity contribution in [3.05, 3.63) is 0 Å². The largest absolute Gasteiger partial charge is 0.464 e. The van der Waals surface area contributed by atoms with Crippen LogP contribution in [0.15, 0.2) is 0 Å². The first-order chi connectivity index (χ1) is 6.82. The van der Waals surface area contributed by atoms with E-state index in [0.29, 0.717) is 13.0 Å². The number of carbonyl (C=O) groups is 2. The molecule has 86 valence electrons. The van der Waals surface area contributed by atoms with Crippen LogP contribution in [0, 0.1) is 0 Å². The fourth-order valence-electron chi connectivity index (χ4n) is 2.04. The Morgan fingerprint density at radius 2 is 2.13 bits per heavy atom. The number of amides is 1. The Labute approximate surface area is 90.6 Å².